The van der Waals surface area contributed by atoms with Gasteiger partial charge in [-0.2, -0.15) is 0 Å². The first-order valence-electron chi connectivity index (χ1n) is 5.42. The lowest BCUT2D eigenvalue weighted by molar-refractivity contribution is 0.0949. The van der Waals surface area contributed by atoms with Crippen molar-refractivity contribution in [2.24, 2.45) is 0 Å². The summed E-state index contributed by atoms with van der Waals surface area (Å²) in [5.41, 5.74) is 6.64. The van der Waals surface area contributed by atoms with Gasteiger partial charge in [0.15, 0.2) is 0 Å². The Balaban J connectivity index is 1.83. The second-order valence-corrected chi connectivity index (χ2v) is 4.75. The van der Waals surface area contributed by atoms with Crippen LogP contribution in [0.5, 0.6) is 0 Å². The molecule has 0 aliphatic rings. The molecule has 0 saturated carbocycles. The van der Waals surface area contributed by atoms with Crippen molar-refractivity contribution in [3.05, 3.63) is 34.2 Å². The molecule has 2 aromatic rings. The first kappa shape index (κ1) is 12.4. The minimum absolute atomic E-state index is 0.255. The molecule has 2 aromatic heterocycles. The molecule has 0 atom stereocenters. The van der Waals surface area contributed by atoms with Gasteiger partial charge >= 0.3 is 0 Å². The molecule has 94 valence electrons. The molecule has 3 N–H and O–H groups in total. The first-order valence-corrected chi connectivity index (χ1v) is 6.30. The van der Waals surface area contributed by atoms with Crippen LogP contribution in [0.2, 0.25) is 0 Å². The van der Waals surface area contributed by atoms with Crippen LogP contribution >= 0.6 is 11.3 Å². The summed E-state index contributed by atoms with van der Waals surface area (Å²) in [5, 5.41) is 5.78. The van der Waals surface area contributed by atoms with Crippen LogP contribution in [-0.4, -0.2) is 27.4 Å². The zero-order valence-electron chi connectivity index (χ0n) is 9.88. The number of hydrogen-bond donors (Lipinski definition) is 2. The summed E-state index contributed by atoms with van der Waals surface area (Å²) in [6.45, 7) is 2.48. The lowest BCUT2D eigenvalue weighted by Gasteiger charge is -2.03. The summed E-state index contributed by atoms with van der Waals surface area (Å²) in [7, 11) is 0. The SMILES string of the molecule is Cc1nc(CCNC(=O)c2cnc(N)cn2)cs1. The van der Waals surface area contributed by atoms with Crippen molar-refractivity contribution in [3.8, 4) is 0 Å². The number of carbonyl (C=O) groups is 1. The molecule has 2 heterocycles. The second-order valence-electron chi connectivity index (χ2n) is 3.69. The number of nitrogens with zero attached hydrogens (tertiary/aromatic N) is 3. The Hall–Kier alpha value is -2.02. The van der Waals surface area contributed by atoms with E-state index < -0.39 is 0 Å². The van der Waals surface area contributed by atoms with Crippen LogP contribution < -0.4 is 11.1 Å². The van der Waals surface area contributed by atoms with E-state index in [9.17, 15) is 4.79 Å². The third-order valence-corrected chi connectivity index (χ3v) is 3.06. The largest absolute Gasteiger partial charge is 0.382 e. The fraction of sp³-hybridized carbons (Fsp3) is 0.273. The molecule has 0 unspecified atom stereocenters. The number of aryl methyl sites for hydroxylation is 1. The summed E-state index contributed by atoms with van der Waals surface area (Å²) >= 11 is 1.60. The molecule has 0 radical (unpaired) electrons. The van der Waals surface area contributed by atoms with Gasteiger partial charge in [-0.25, -0.2) is 15.0 Å². The van der Waals surface area contributed by atoms with E-state index in [1.165, 1.54) is 12.4 Å². The molecule has 7 heteroatoms. The fourth-order valence-electron chi connectivity index (χ4n) is 1.37. The van der Waals surface area contributed by atoms with Crippen LogP contribution in [0.25, 0.3) is 0 Å². The monoisotopic (exact) mass is 263 g/mol. The highest BCUT2D eigenvalue weighted by molar-refractivity contribution is 7.09. The van der Waals surface area contributed by atoms with Gasteiger partial charge in [0, 0.05) is 18.3 Å². The third kappa shape index (κ3) is 3.24. The minimum Gasteiger partial charge on any atom is -0.382 e. The maximum atomic E-state index is 11.7. The molecule has 0 saturated heterocycles. The maximum Gasteiger partial charge on any atom is 0.271 e. The highest BCUT2D eigenvalue weighted by Gasteiger charge is 2.07. The Labute approximate surface area is 108 Å². The van der Waals surface area contributed by atoms with Gasteiger partial charge in [0.05, 0.1) is 23.1 Å². The number of amides is 1. The predicted molar refractivity (Wildman–Crippen MR) is 69.3 cm³/mol. The summed E-state index contributed by atoms with van der Waals surface area (Å²) in [6.07, 6.45) is 3.43. The Bertz CT molecular complexity index is 537. The number of aromatic nitrogens is 3. The molecule has 0 fully saturated rings. The van der Waals surface area contributed by atoms with E-state index in [-0.39, 0.29) is 11.6 Å². The van der Waals surface area contributed by atoms with Crippen molar-refractivity contribution in [2.45, 2.75) is 13.3 Å². The van der Waals surface area contributed by atoms with Gasteiger partial charge in [0.1, 0.15) is 11.5 Å². The number of hydrogen-bond acceptors (Lipinski definition) is 6. The molecule has 1 amide bonds. The van der Waals surface area contributed by atoms with Crippen LogP contribution in [-0.2, 0) is 6.42 Å². The molecule has 0 bridgehead atoms. The molecule has 0 aromatic carbocycles. The minimum atomic E-state index is -0.255. The number of carbonyl (C=O) groups excluding carboxylic acids is 1. The summed E-state index contributed by atoms with van der Waals surface area (Å²) in [6, 6.07) is 0. The van der Waals surface area contributed by atoms with Crippen molar-refractivity contribution in [1.29, 1.82) is 0 Å². The molecule has 18 heavy (non-hydrogen) atoms. The normalized spacial score (nSPS) is 10.3. The number of nitrogens with one attached hydrogen (secondary N) is 1. The molecule has 6 nitrogen and oxygen atoms in total. The zero-order valence-corrected chi connectivity index (χ0v) is 10.7. The van der Waals surface area contributed by atoms with Gasteiger partial charge in [-0.3, -0.25) is 4.79 Å². The lowest BCUT2D eigenvalue weighted by Crippen LogP contribution is -2.26. The predicted octanol–water partition coefficient (Wildman–Crippen LogP) is 0.796. The van der Waals surface area contributed by atoms with Crippen molar-refractivity contribution in [3.63, 3.8) is 0 Å². The summed E-state index contributed by atoms with van der Waals surface area (Å²) < 4.78 is 0. The van der Waals surface area contributed by atoms with E-state index in [0.29, 0.717) is 18.8 Å². The highest BCUT2D eigenvalue weighted by Crippen LogP contribution is 2.07. The van der Waals surface area contributed by atoms with Crippen LogP contribution in [0.1, 0.15) is 21.2 Å². The number of rotatable bonds is 4. The Morgan fingerprint density at radius 2 is 2.28 bits per heavy atom. The third-order valence-electron chi connectivity index (χ3n) is 2.24. The van der Waals surface area contributed by atoms with Crippen LogP contribution in [0.3, 0.4) is 0 Å². The Kier molecular flexibility index (Phi) is 3.83. The van der Waals surface area contributed by atoms with Crippen molar-refractivity contribution in [2.75, 3.05) is 12.3 Å². The Morgan fingerprint density at radius 3 is 2.89 bits per heavy atom. The first-order chi connectivity index (χ1) is 8.65. The van der Waals surface area contributed by atoms with Gasteiger partial charge in [-0.15, -0.1) is 11.3 Å². The van der Waals surface area contributed by atoms with Crippen molar-refractivity contribution >= 4 is 23.1 Å². The van der Waals surface area contributed by atoms with E-state index in [0.717, 1.165) is 10.7 Å². The lowest BCUT2D eigenvalue weighted by atomic mass is 10.3. The molecular formula is C11H13N5OS. The topological polar surface area (TPSA) is 93.8 Å². The molecule has 2 rings (SSSR count). The van der Waals surface area contributed by atoms with Gasteiger partial charge in [0.25, 0.3) is 5.91 Å². The van der Waals surface area contributed by atoms with Gasteiger partial charge < -0.3 is 11.1 Å². The van der Waals surface area contributed by atoms with Gasteiger partial charge in [-0.05, 0) is 6.92 Å². The van der Waals surface area contributed by atoms with E-state index in [2.05, 4.69) is 20.3 Å². The number of nitrogens with two attached hydrogens (primary N) is 1. The van der Waals surface area contributed by atoms with E-state index >= 15 is 0 Å². The molecule has 0 aliphatic carbocycles. The molecule has 0 spiro atoms. The molecule has 0 aliphatic heterocycles. The number of anilines is 1. The number of nitrogen functional groups attached to an aromatic ring is 1. The van der Waals surface area contributed by atoms with Crippen molar-refractivity contribution in [1.82, 2.24) is 20.3 Å². The average molecular weight is 263 g/mol. The van der Waals surface area contributed by atoms with E-state index in [1.54, 1.807) is 11.3 Å². The van der Waals surface area contributed by atoms with Gasteiger partial charge in [0.2, 0.25) is 0 Å². The maximum absolute atomic E-state index is 11.7. The Morgan fingerprint density at radius 1 is 1.44 bits per heavy atom. The van der Waals surface area contributed by atoms with Gasteiger partial charge in [-0.1, -0.05) is 0 Å². The fourth-order valence-corrected chi connectivity index (χ4v) is 2.02. The van der Waals surface area contributed by atoms with Crippen molar-refractivity contribution < 1.29 is 4.79 Å². The summed E-state index contributed by atoms with van der Waals surface area (Å²) in [5.74, 6) is 0.0407. The second kappa shape index (κ2) is 5.54. The van der Waals surface area contributed by atoms with E-state index in [4.69, 9.17) is 5.73 Å². The smallest absolute Gasteiger partial charge is 0.271 e. The standard InChI is InChI=1S/C11H13N5OS/c1-7-16-8(6-18-7)2-3-13-11(17)9-4-15-10(12)5-14-9/h4-6H,2-3H2,1H3,(H2,12,15)(H,13,17). The van der Waals surface area contributed by atoms with Crippen LogP contribution in [0, 0.1) is 6.92 Å². The average Bonchev–Trinajstić information content (AvgIpc) is 2.76. The molecular weight excluding hydrogens is 250 g/mol. The quantitative estimate of drug-likeness (QED) is 0.850. The highest BCUT2D eigenvalue weighted by atomic mass is 32.1. The van der Waals surface area contributed by atoms with Crippen LogP contribution in [0.15, 0.2) is 17.8 Å². The van der Waals surface area contributed by atoms with Crippen LogP contribution in [0.4, 0.5) is 5.82 Å². The zero-order chi connectivity index (χ0) is 13.0. The summed E-state index contributed by atoms with van der Waals surface area (Å²) in [4.78, 5) is 23.7. The number of thiazole rings is 1. The van der Waals surface area contributed by atoms with E-state index in [1.807, 2.05) is 12.3 Å².